The highest BCUT2D eigenvalue weighted by Crippen LogP contribution is 2.35. The first-order chi connectivity index (χ1) is 9.58. The largest absolute Gasteiger partial charge is 0.384 e. The molecule has 1 aliphatic heterocycles. The van der Waals surface area contributed by atoms with Gasteiger partial charge >= 0.3 is 0 Å². The summed E-state index contributed by atoms with van der Waals surface area (Å²) in [7, 11) is 0. The molecule has 1 aliphatic rings. The molecular weight excluding hydrogens is 248 g/mol. The Morgan fingerprint density at radius 1 is 1.35 bits per heavy atom. The first kappa shape index (κ1) is 12.9. The number of pyridine rings is 1. The van der Waals surface area contributed by atoms with Crippen LogP contribution in [0.3, 0.4) is 0 Å². The molecule has 104 valence electrons. The third kappa shape index (κ3) is 2.01. The Balaban J connectivity index is 2.25. The van der Waals surface area contributed by atoms with E-state index in [2.05, 4.69) is 29.8 Å². The highest BCUT2D eigenvalue weighted by Gasteiger charge is 2.29. The average molecular weight is 268 g/mol. The zero-order valence-electron chi connectivity index (χ0n) is 11.9. The monoisotopic (exact) mass is 268 g/mol. The topological polar surface area (TPSA) is 66.0 Å². The number of aromatic nitrogens is 1. The summed E-state index contributed by atoms with van der Waals surface area (Å²) >= 11 is 0. The third-order valence-electron chi connectivity index (χ3n) is 4.11. The molecular formula is C16H20N4. The van der Waals surface area contributed by atoms with Gasteiger partial charge in [0.1, 0.15) is 5.84 Å². The lowest BCUT2D eigenvalue weighted by Gasteiger charge is -2.27. The van der Waals surface area contributed by atoms with Gasteiger partial charge in [-0.25, -0.2) is 0 Å². The zero-order valence-corrected chi connectivity index (χ0v) is 11.9. The summed E-state index contributed by atoms with van der Waals surface area (Å²) in [5.41, 5.74) is 8.54. The van der Waals surface area contributed by atoms with Gasteiger partial charge in [-0.3, -0.25) is 10.4 Å². The number of benzene rings is 1. The first-order valence-electron chi connectivity index (χ1n) is 7.06. The Bertz CT molecular complexity index is 665. The van der Waals surface area contributed by atoms with Crippen LogP contribution in [0.2, 0.25) is 0 Å². The van der Waals surface area contributed by atoms with E-state index in [1.54, 1.807) is 6.20 Å². The number of rotatable bonds is 2. The number of nitrogens with zero attached hydrogens (tertiary/aromatic N) is 2. The minimum absolute atomic E-state index is 0.0880. The van der Waals surface area contributed by atoms with Crippen LogP contribution in [0, 0.1) is 11.3 Å². The molecule has 4 heteroatoms. The average Bonchev–Trinajstić information content (AvgIpc) is 2.76. The van der Waals surface area contributed by atoms with E-state index in [-0.39, 0.29) is 5.84 Å². The molecule has 2 unspecified atom stereocenters. The summed E-state index contributed by atoms with van der Waals surface area (Å²) in [5, 5.41) is 8.93. The maximum absolute atomic E-state index is 7.84. The number of nitrogens with one attached hydrogen (secondary N) is 1. The predicted molar refractivity (Wildman–Crippen MR) is 83.3 cm³/mol. The van der Waals surface area contributed by atoms with E-state index in [9.17, 15) is 0 Å². The molecule has 20 heavy (non-hydrogen) atoms. The summed E-state index contributed by atoms with van der Waals surface area (Å²) in [6.45, 7) is 5.52. The molecule has 3 N–H and O–H groups in total. The molecule has 1 aromatic carbocycles. The standard InChI is InChI=1S/C16H20N4/c1-10-7-11(2)20(9-10)15-12-5-3-4-6-14(12)19-8-13(15)16(17)18/h3-6,8,10-11H,7,9H2,1-2H3,(H3,17,18). The minimum Gasteiger partial charge on any atom is -0.384 e. The Morgan fingerprint density at radius 2 is 2.10 bits per heavy atom. The van der Waals surface area contributed by atoms with Gasteiger partial charge in [0.05, 0.1) is 16.8 Å². The molecule has 2 atom stereocenters. The minimum atomic E-state index is 0.0880. The van der Waals surface area contributed by atoms with Crippen LogP contribution < -0.4 is 10.6 Å². The molecule has 0 radical (unpaired) electrons. The van der Waals surface area contributed by atoms with E-state index < -0.39 is 0 Å². The number of fused-ring (bicyclic) bond motifs is 1. The van der Waals surface area contributed by atoms with Gasteiger partial charge in [-0.05, 0) is 25.3 Å². The van der Waals surface area contributed by atoms with Crippen molar-refractivity contribution in [2.75, 3.05) is 11.4 Å². The second kappa shape index (κ2) is 4.78. The van der Waals surface area contributed by atoms with Crippen molar-refractivity contribution >= 4 is 22.4 Å². The SMILES string of the molecule is CC1CC(C)N(c2c(C(=N)N)cnc3ccccc23)C1. The van der Waals surface area contributed by atoms with E-state index in [1.165, 1.54) is 6.42 Å². The summed E-state index contributed by atoms with van der Waals surface area (Å²) in [4.78, 5) is 6.81. The van der Waals surface area contributed by atoms with E-state index in [4.69, 9.17) is 11.1 Å². The number of anilines is 1. The van der Waals surface area contributed by atoms with Crippen molar-refractivity contribution in [3.63, 3.8) is 0 Å². The van der Waals surface area contributed by atoms with E-state index in [0.29, 0.717) is 12.0 Å². The van der Waals surface area contributed by atoms with Gasteiger partial charge in [0.2, 0.25) is 0 Å². The first-order valence-corrected chi connectivity index (χ1v) is 7.06. The van der Waals surface area contributed by atoms with Gasteiger partial charge in [0.25, 0.3) is 0 Å². The van der Waals surface area contributed by atoms with Crippen LogP contribution in [-0.4, -0.2) is 23.4 Å². The summed E-state index contributed by atoms with van der Waals surface area (Å²) < 4.78 is 0. The molecule has 0 spiro atoms. The third-order valence-corrected chi connectivity index (χ3v) is 4.11. The smallest absolute Gasteiger partial charge is 0.126 e. The second-order valence-corrected chi connectivity index (χ2v) is 5.79. The molecule has 0 saturated carbocycles. The Labute approximate surface area is 119 Å². The quantitative estimate of drug-likeness (QED) is 0.650. The fourth-order valence-electron chi connectivity index (χ4n) is 3.24. The number of para-hydroxylation sites is 1. The van der Waals surface area contributed by atoms with Crippen molar-refractivity contribution in [1.82, 2.24) is 4.98 Å². The molecule has 1 aromatic heterocycles. The normalized spacial score (nSPS) is 22.4. The van der Waals surface area contributed by atoms with Gasteiger partial charge in [-0.2, -0.15) is 0 Å². The molecule has 4 nitrogen and oxygen atoms in total. The number of hydrogen-bond donors (Lipinski definition) is 2. The van der Waals surface area contributed by atoms with Crippen LogP contribution >= 0.6 is 0 Å². The van der Waals surface area contributed by atoms with Gasteiger partial charge in [-0.1, -0.05) is 25.1 Å². The van der Waals surface area contributed by atoms with Crippen LogP contribution in [-0.2, 0) is 0 Å². The van der Waals surface area contributed by atoms with Gasteiger partial charge in [0.15, 0.2) is 0 Å². The van der Waals surface area contributed by atoms with Crippen LogP contribution in [0.4, 0.5) is 5.69 Å². The van der Waals surface area contributed by atoms with Crippen molar-refractivity contribution in [2.24, 2.45) is 11.7 Å². The van der Waals surface area contributed by atoms with Gasteiger partial charge in [0, 0.05) is 24.2 Å². The van der Waals surface area contributed by atoms with Crippen molar-refractivity contribution in [3.8, 4) is 0 Å². The highest BCUT2D eigenvalue weighted by molar-refractivity contribution is 6.07. The van der Waals surface area contributed by atoms with Crippen LogP contribution in [0.5, 0.6) is 0 Å². The fraction of sp³-hybridized carbons (Fsp3) is 0.375. The van der Waals surface area contributed by atoms with Crippen molar-refractivity contribution in [1.29, 1.82) is 5.41 Å². The Hall–Kier alpha value is -2.10. The molecule has 0 aliphatic carbocycles. The summed E-state index contributed by atoms with van der Waals surface area (Å²) in [6.07, 6.45) is 2.91. The number of nitrogens with two attached hydrogens (primary N) is 1. The molecule has 0 amide bonds. The van der Waals surface area contributed by atoms with Crippen molar-refractivity contribution in [2.45, 2.75) is 26.3 Å². The zero-order chi connectivity index (χ0) is 14.3. The fourth-order valence-corrected chi connectivity index (χ4v) is 3.24. The predicted octanol–water partition coefficient (Wildman–Crippen LogP) is 2.75. The lowest BCUT2D eigenvalue weighted by atomic mass is 10.1. The van der Waals surface area contributed by atoms with Crippen molar-refractivity contribution in [3.05, 3.63) is 36.0 Å². The maximum Gasteiger partial charge on any atom is 0.126 e. The molecule has 2 aromatic rings. The Kier molecular flexibility index (Phi) is 3.08. The lowest BCUT2D eigenvalue weighted by Crippen LogP contribution is -2.30. The summed E-state index contributed by atoms with van der Waals surface area (Å²) in [5.74, 6) is 0.752. The Morgan fingerprint density at radius 3 is 2.75 bits per heavy atom. The van der Waals surface area contributed by atoms with Crippen LogP contribution in [0.15, 0.2) is 30.5 Å². The molecule has 2 heterocycles. The molecule has 1 fully saturated rings. The van der Waals surface area contributed by atoms with Crippen LogP contribution in [0.25, 0.3) is 10.9 Å². The highest BCUT2D eigenvalue weighted by atomic mass is 15.2. The molecule has 0 bridgehead atoms. The molecule has 3 rings (SSSR count). The van der Waals surface area contributed by atoms with E-state index in [1.807, 2.05) is 18.2 Å². The number of hydrogen-bond acceptors (Lipinski definition) is 3. The number of nitrogen functional groups attached to an aromatic ring is 1. The van der Waals surface area contributed by atoms with Crippen molar-refractivity contribution < 1.29 is 0 Å². The van der Waals surface area contributed by atoms with E-state index >= 15 is 0 Å². The van der Waals surface area contributed by atoms with E-state index in [0.717, 1.165) is 28.7 Å². The van der Waals surface area contributed by atoms with Gasteiger partial charge in [-0.15, -0.1) is 0 Å². The number of amidine groups is 1. The van der Waals surface area contributed by atoms with Gasteiger partial charge < -0.3 is 10.6 Å². The van der Waals surface area contributed by atoms with Crippen LogP contribution in [0.1, 0.15) is 25.8 Å². The molecule has 1 saturated heterocycles. The maximum atomic E-state index is 7.84. The lowest BCUT2D eigenvalue weighted by molar-refractivity contribution is 0.625. The second-order valence-electron chi connectivity index (χ2n) is 5.79. The summed E-state index contributed by atoms with van der Waals surface area (Å²) in [6, 6.07) is 8.55.